The van der Waals surface area contributed by atoms with Gasteiger partial charge in [0, 0.05) is 25.2 Å². The van der Waals surface area contributed by atoms with Crippen LogP contribution in [0, 0.1) is 0 Å². The summed E-state index contributed by atoms with van der Waals surface area (Å²) in [6, 6.07) is 0.877. The first-order valence-electron chi connectivity index (χ1n) is 5.31. The van der Waals surface area contributed by atoms with E-state index in [0.29, 0.717) is 12.1 Å². The first-order chi connectivity index (χ1) is 6.24. The van der Waals surface area contributed by atoms with E-state index in [2.05, 4.69) is 18.7 Å². The fraction of sp³-hybridized carbons (Fsp3) is 1.00. The molecule has 1 fully saturated rings. The minimum absolute atomic E-state index is 0.338. The van der Waals surface area contributed by atoms with Crippen LogP contribution in [0.2, 0.25) is 0 Å². The van der Waals surface area contributed by atoms with Gasteiger partial charge in [0.2, 0.25) is 0 Å². The Kier molecular flexibility index (Phi) is 4.70. The molecule has 1 aliphatic heterocycles. The fourth-order valence-electron chi connectivity index (χ4n) is 1.80. The van der Waals surface area contributed by atoms with Gasteiger partial charge in [-0.3, -0.25) is 4.90 Å². The highest BCUT2D eigenvalue weighted by atomic mass is 16.5. The van der Waals surface area contributed by atoms with Crippen molar-refractivity contribution in [2.75, 3.05) is 26.3 Å². The van der Waals surface area contributed by atoms with Gasteiger partial charge in [-0.1, -0.05) is 13.3 Å². The molecule has 2 N–H and O–H groups in total. The van der Waals surface area contributed by atoms with Crippen LogP contribution >= 0.6 is 0 Å². The monoisotopic (exact) mass is 186 g/mol. The molecule has 0 saturated carbocycles. The standard InChI is InChI=1S/C10H22N2O/c1-3-4-10(11)7-12-5-6-13-8-9(12)2/h9-10H,3-8,11H2,1-2H3. The second kappa shape index (κ2) is 5.58. The number of nitrogens with two attached hydrogens (primary N) is 1. The lowest BCUT2D eigenvalue weighted by molar-refractivity contribution is -0.00302. The molecule has 0 bridgehead atoms. The Morgan fingerprint density at radius 1 is 1.62 bits per heavy atom. The SMILES string of the molecule is CCCC(N)CN1CCOCC1C. The third-order valence-electron chi connectivity index (χ3n) is 2.63. The maximum Gasteiger partial charge on any atom is 0.0619 e. The molecule has 78 valence electrons. The molecule has 0 amide bonds. The van der Waals surface area contributed by atoms with Gasteiger partial charge < -0.3 is 10.5 Å². The van der Waals surface area contributed by atoms with Crippen LogP contribution in [0.4, 0.5) is 0 Å². The second-order valence-electron chi connectivity index (χ2n) is 3.97. The zero-order valence-electron chi connectivity index (χ0n) is 8.83. The van der Waals surface area contributed by atoms with Crippen LogP contribution in [0.1, 0.15) is 26.7 Å². The third-order valence-corrected chi connectivity index (χ3v) is 2.63. The van der Waals surface area contributed by atoms with E-state index in [1.807, 2.05) is 0 Å². The van der Waals surface area contributed by atoms with Crippen molar-refractivity contribution in [1.29, 1.82) is 0 Å². The van der Waals surface area contributed by atoms with Gasteiger partial charge in [-0.15, -0.1) is 0 Å². The topological polar surface area (TPSA) is 38.5 Å². The van der Waals surface area contributed by atoms with Gasteiger partial charge in [-0.05, 0) is 13.3 Å². The molecule has 3 heteroatoms. The Labute approximate surface area is 81.2 Å². The van der Waals surface area contributed by atoms with Gasteiger partial charge in [-0.2, -0.15) is 0 Å². The zero-order valence-corrected chi connectivity index (χ0v) is 8.83. The average Bonchev–Trinajstić information content (AvgIpc) is 2.09. The molecule has 0 aromatic rings. The van der Waals surface area contributed by atoms with Gasteiger partial charge in [0.25, 0.3) is 0 Å². The fourth-order valence-corrected chi connectivity index (χ4v) is 1.80. The predicted octanol–water partition coefficient (Wildman–Crippen LogP) is 0.834. The Balaban J connectivity index is 2.25. The number of nitrogens with zero attached hydrogens (tertiary/aromatic N) is 1. The molecule has 13 heavy (non-hydrogen) atoms. The smallest absolute Gasteiger partial charge is 0.0619 e. The van der Waals surface area contributed by atoms with Gasteiger partial charge in [-0.25, -0.2) is 0 Å². The summed E-state index contributed by atoms with van der Waals surface area (Å²) in [5.41, 5.74) is 5.99. The van der Waals surface area contributed by atoms with Crippen molar-refractivity contribution >= 4 is 0 Å². The van der Waals surface area contributed by atoms with Crippen molar-refractivity contribution in [3.05, 3.63) is 0 Å². The minimum atomic E-state index is 0.338. The summed E-state index contributed by atoms with van der Waals surface area (Å²) in [7, 11) is 0. The highest BCUT2D eigenvalue weighted by Crippen LogP contribution is 2.07. The summed E-state index contributed by atoms with van der Waals surface area (Å²) in [5.74, 6) is 0. The van der Waals surface area contributed by atoms with Crippen LogP contribution in [0.25, 0.3) is 0 Å². The second-order valence-corrected chi connectivity index (χ2v) is 3.97. The summed E-state index contributed by atoms with van der Waals surface area (Å²) in [5, 5.41) is 0. The Bertz CT molecular complexity index is 141. The lowest BCUT2D eigenvalue weighted by Crippen LogP contribution is -2.48. The highest BCUT2D eigenvalue weighted by Gasteiger charge is 2.19. The van der Waals surface area contributed by atoms with Crippen molar-refractivity contribution in [3.63, 3.8) is 0 Å². The van der Waals surface area contributed by atoms with E-state index in [-0.39, 0.29) is 0 Å². The van der Waals surface area contributed by atoms with E-state index < -0.39 is 0 Å². The average molecular weight is 186 g/mol. The third kappa shape index (κ3) is 3.63. The summed E-state index contributed by atoms with van der Waals surface area (Å²) >= 11 is 0. The van der Waals surface area contributed by atoms with Crippen LogP contribution in [0.15, 0.2) is 0 Å². The molecule has 3 nitrogen and oxygen atoms in total. The van der Waals surface area contributed by atoms with E-state index in [1.54, 1.807) is 0 Å². The van der Waals surface area contributed by atoms with E-state index >= 15 is 0 Å². The van der Waals surface area contributed by atoms with Crippen LogP contribution in [0.5, 0.6) is 0 Å². The number of ether oxygens (including phenoxy) is 1. The Morgan fingerprint density at radius 2 is 2.38 bits per heavy atom. The molecule has 0 radical (unpaired) electrons. The molecule has 1 aliphatic rings. The number of morpholine rings is 1. The number of rotatable bonds is 4. The first-order valence-corrected chi connectivity index (χ1v) is 5.31. The minimum Gasteiger partial charge on any atom is -0.379 e. The van der Waals surface area contributed by atoms with E-state index in [0.717, 1.165) is 32.7 Å². The summed E-state index contributed by atoms with van der Waals surface area (Å²) in [4.78, 5) is 2.43. The van der Waals surface area contributed by atoms with E-state index in [4.69, 9.17) is 10.5 Å². The summed E-state index contributed by atoms with van der Waals surface area (Å²) in [6.07, 6.45) is 2.31. The lowest BCUT2D eigenvalue weighted by Gasteiger charge is -2.34. The quantitative estimate of drug-likeness (QED) is 0.707. The van der Waals surface area contributed by atoms with Crippen molar-refractivity contribution in [1.82, 2.24) is 4.90 Å². The normalized spacial score (nSPS) is 27.5. The molecule has 1 heterocycles. The molecule has 2 atom stereocenters. The highest BCUT2D eigenvalue weighted by molar-refractivity contribution is 4.75. The van der Waals surface area contributed by atoms with Crippen LogP contribution in [-0.4, -0.2) is 43.3 Å². The van der Waals surface area contributed by atoms with E-state index in [9.17, 15) is 0 Å². The van der Waals surface area contributed by atoms with Crippen molar-refractivity contribution in [2.45, 2.75) is 38.8 Å². The largest absolute Gasteiger partial charge is 0.379 e. The van der Waals surface area contributed by atoms with Crippen LogP contribution in [0.3, 0.4) is 0 Å². The molecule has 1 rings (SSSR count). The van der Waals surface area contributed by atoms with Gasteiger partial charge in [0.1, 0.15) is 0 Å². The van der Waals surface area contributed by atoms with Gasteiger partial charge >= 0.3 is 0 Å². The lowest BCUT2D eigenvalue weighted by atomic mass is 10.1. The molecular weight excluding hydrogens is 164 g/mol. The Morgan fingerprint density at radius 3 is 3.00 bits per heavy atom. The van der Waals surface area contributed by atoms with Crippen molar-refractivity contribution < 1.29 is 4.74 Å². The predicted molar refractivity (Wildman–Crippen MR) is 54.7 cm³/mol. The molecule has 0 aliphatic carbocycles. The van der Waals surface area contributed by atoms with Gasteiger partial charge in [0.15, 0.2) is 0 Å². The van der Waals surface area contributed by atoms with Gasteiger partial charge in [0.05, 0.1) is 13.2 Å². The summed E-state index contributed by atoms with van der Waals surface area (Å²) in [6.45, 7) is 8.18. The molecule has 0 aromatic heterocycles. The maximum absolute atomic E-state index is 5.99. The summed E-state index contributed by atoms with van der Waals surface area (Å²) < 4.78 is 5.37. The van der Waals surface area contributed by atoms with Crippen LogP contribution in [-0.2, 0) is 4.74 Å². The Hall–Kier alpha value is -0.120. The van der Waals surface area contributed by atoms with E-state index in [1.165, 1.54) is 6.42 Å². The first kappa shape index (κ1) is 11.0. The molecule has 1 saturated heterocycles. The molecule has 0 aromatic carbocycles. The number of hydrogen-bond acceptors (Lipinski definition) is 3. The van der Waals surface area contributed by atoms with Crippen LogP contribution < -0.4 is 5.73 Å². The zero-order chi connectivity index (χ0) is 9.68. The maximum atomic E-state index is 5.99. The molecular formula is C10H22N2O. The number of hydrogen-bond donors (Lipinski definition) is 1. The van der Waals surface area contributed by atoms with Crippen molar-refractivity contribution in [3.8, 4) is 0 Å². The van der Waals surface area contributed by atoms with Crippen molar-refractivity contribution in [2.24, 2.45) is 5.73 Å². The molecule has 0 spiro atoms. The molecule has 2 unspecified atom stereocenters.